The van der Waals surface area contributed by atoms with Crippen LogP contribution in [0.15, 0.2) is 18.2 Å². The maximum absolute atomic E-state index is 9.38. The minimum atomic E-state index is 0.166. The van der Waals surface area contributed by atoms with Gasteiger partial charge in [-0.1, -0.05) is 30.2 Å². The van der Waals surface area contributed by atoms with Crippen molar-refractivity contribution in [2.45, 2.75) is 31.8 Å². The van der Waals surface area contributed by atoms with Gasteiger partial charge < -0.3 is 10.4 Å². The van der Waals surface area contributed by atoms with Crippen molar-refractivity contribution in [3.05, 3.63) is 28.8 Å². The quantitative estimate of drug-likeness (QED) is 0.806. The van der Waals surface area contributed by atoms with Crippen molar-refractivity contribution in [1.82, 2.24) is 5.32 Å². The zero-order valence-corrected chi connectivity index (χ0v) is 8.72. The highest BCUT2D eigenvalue weighted by molar-refractivity contribution is 6.32. The number of aromatic hydroxyl groups is 1. The SMILES string of the molecule is Oc1cccc(CNC2CCC2)c1Cl. The average Bonchev–Trinajstić information content (AvgIpc) is 2.09. The van der Waals surface area contributed by atoms with Gasteiger partial charge in [-0.05, 0) is 24.5 Å². The lowest BCUT2D eigenvalue weighted by Gasteiger charge is -2.26. The lowest BCUT2D eigenvalue weighted by molar-refractivity contribution is 0.338. The average molecular weight is 212 g/mol. The number of halogens is 1. The van der Waals surface area contributed by atoms with Crippen LogP contribution in [-0.2, 0) is 6.54 Å². The lowest BCUT2D eigenvalue weighted by Crippen LogP contribution is -2.34. The van der Waals surface area contributed by atoms with Gasteiger partial charge in [-0.3, -0.25) is 0 Å². The lowest BCUT2D eigenvalue weighted by atomic mass is 9.93. The van der Waals surface area contributed by atoms with E-state index in [0.29, 0.717) is 11.1 Å². The van der Waals surface area contributed by atoms with E-state index in [4.69, 9.17) is 11.6 Å². The molecule has 1 fully saturated rings. The first-order chi connectivity index (χ1) is 6.77. The largest absolute Gasteiger partial charge is 0.506 e. The smallest absolute Gasteiger partial charge is 0.134 e. The van der Waals surface area contributed by atoms with Crippen LogP contribution in [-0.4, -0.2) is 11.1 Å². The molecule has 0 radical (unpaired) electrons. The minimum Gasteiger partial charge on any atom is -0.506 e. The Hall–Kier alpha value is -0.730. The molecule has 3 heteroatoms. The number of hydrogen-bond acceptors (Lipinski definition) is 2. The molecule has 1 aliphatic rings. The number of hydrogen-bond donors (Lipinski definition) is 2. The van der Waals surface area contributed by atoms with Crippen molar-refractivity contribution in [3.63, 3.8) is 0 Å². The molecule has 0 aromatic heterocycles. The molecule has 0 atom stereocenters. The third-order valence-electron chi connectivity index (χ3n) is 2.74. The van der Waals surface area contributed by atoms with Gasteiger partial charge in [0.2, 0.25) is 0 Å². The molecule has 0 bridgehead atoms. The van der Waals surface area contributed by atoms with Crippen molar-refractivity contribution >= 4 is 11.6 Å². The Bertz CT molecular complexity index is 323. The molecule has 2 rings (SSSR count). The van der Waals surface area contributed by atoms with E-state index in [2.05, 4.69) is 5.32 Å². The highest BCUT2D eigenvalue weighted by Gasteiger charge is 2.16. The van der Waals surface area contributed by atoms with Crippen LogP contribution in [0, 0.1) is 0 Å². The molecule has 0 saturated heterocycles. The first-order valence-electron chi connectivity index (χ1n) is 4.97. The zero-order valence-electron chi connectivity index (χ0n) is 7.96. The summed E-state index contributed by atoms with van der Waals surface area (Å²) < 4.78 is 0. The maximum Gasteiger partial charge on any atom is 0.134 e. The summed E-state index contributed by atoms with van der Waals surface area (Å²) in [5.41, 5.74) is 0.971. The summed E-state index contributed by atoms with van der Waals surface area (Å²) in [6.07, 6.45) is 3.85. The van der Waals surface area contributed by atoms with Crippen LogP contribution < -0.4 is 5.32 Å². The van der Waals surface area contributed by atoms with Gasteiger partial charge in [-0.15, -0.1) is 0 Å². The number of phenols is 1. The Balaban J connectivity index is 1.97. The van der Waals surface area contributed by atoms with E-state index in [1.54, 1.807) is 6.07 Å². The Morgan fingerprint density at radius 1 is 1.43 bits per heavy atom. The van der Waals surface area contributed by atoms with E-state index in [-0.39, 0.29) is 5.75 Å². The summed E-state index contributed by atoms with van der Waals surface area (Å²) in [6, 6.07) is 6.01. The predicted molar refractivity (Wildman–Crippen MR) is 57.6 cm³/mol. The summed E-state index contributed by atoms with van der Waals surface area (Å²) in [6.45, 7) is 0.748. The van der Waals surface area contributed by atoms with Crippen LogP contribution in [0.25, 0.3) is 0 Å². The van der Waals surface area contributed by atoms with E-state index >= 15 is 0 Å². The standard InChI is InChI=1S/C11H14ClNO/c12-11-8(3-1-6-10(11)14)7-13-9-4-2-5-9/h1,3,6,9,13-14H,2,4-5,7H2. The highest BCUT2D eigenvalue weighted by atomic mass is 35.5. The molecule has 0 amide bonds. The fraction of sp³-hybridized carbons (Fsp3) is 0.455. The normalized spacial score (nSPS) is 16.6. The van der Waals surface area contributed by atoms with E-state index in [1.807, 2.05) is 12.1 Å². The summed E-state index contributed by atoms with van der Waals surface area (Å²) in [5, 5.41) is 13.3. The van der Waals surface area contributed by atoms with Crippen LogP contribution in [0.5, 0.6) is 5.75 Å². The third kappa shape index (κ3) is 2.02. The second kappa shape index (κ2) is 4.20. The first-order valence-corrected chi connectivity index (χ1v) is 5.35. The second-order valence-electron chi connectivity index (χ2n) is 3.76. The van der Waals surface area contributed by atoms with Gasteiger partial charge in [0.1, 0.15) is 5.75 Å². The van der Waals surface area contributed by atoms with Crippen molar-refractivity contribution in [1.29, 1.82) is 0 Å². The number of nitrogens with one attached hydrogen (secondary N) is 1. The predicted octanol–water partition coefficient (Wildman–Crippen LogP) is 2.69. The van der Waals surface area contributed by atoms with E-state index in [0.717, 1.165) is 12.1 Å². The molecule has 0 spiro atoms. The molecule has 0 unspecified atom stereocenters. The number of phenolic OH excluding ortho intramolecular Hbond substituents is 1. The molecule has 76 valence electrons. The fourth-order valence-corrected chi connectivity index (χ4v) is 1.76. The molecule has 2 nitrogen and oxygen atoms in total. The van der Waals surface area contributed by atoms with Crippen molar-refractivity contribution in [2.75, 3.05) is 0 Å². The topological polar surface area (TPSA) is 32.3 Å². The first kappa shape index (κ1) is 9.81. The van der Waals surface area contributed by atoms with Crippen molar-refractivity contribution < 1.29 is 5.11 Å². The van der Waals surface area contributed by atoms with Crippen LogP contribution in [0.1, 0.15) is 24.8 Å². The molecule has 0 aliphatic heterocycles. The molecular weight excluding hydrogens is 198 g/mol. The monoisotopic (exact) mass is 211 g/mol. The maximum atomic E-state index is 9.38. The van der Waals surface area contributed by atoms with Gasteiger partial charge >= 0.3 is 0 Å². The molecular formula is C11H14ClNO. The number of rotatable bonds is 3. The highest BCUT2D eigenvalue weighted by Crippen LogP contribution is 2.27. The summed E-state index contributed by atoms with van der Waals surface area (Å²) in [7, 11) is 0. The molecule has 2 N–H and O–H groups in total. The summed E-state index contributed by atoms with van der Waals surface area (Å²) >= 11 is 5.95. The molecule has 14 heavy (non-hydrogen) atoms. The van der Waals surface area contributed by atoms with E-state index in [9.17, 15) is 5.11 Å². The van der Waals surface area contributed by atoms with Gasteiger partial charge in [0.15, 0.2) is 0 Å². The van der Waals surface area contributed by atoms with E-state index in [1.165, 1.54) is 19.3 Å². The van der Waals surface area contributed by atoms with Crippen molar-refractivity contribution in [2.24, 2.45) is 0 Å². The minimum absolute atomic E-state index is 0.166. The van der Waals surface area contributed by atoms with Crippen LogP contribution in [0.2, 0.25) is 5.02 Å². The van der Waals surface area contributed by atoms with Crippen molar-refractivity contribution in [3.8, 4) is 5.75 Å². The Morgan fingerprint density at radius 3 is 2.86 bits per heavy atom. The third-order valence-corrected chi connectivity index (χ3v) is 3.18. The molecule has 1 aliphatic carbocycles. The molecule has 1 aromatic rings. The fourth-order valence-electron chi connectivity index (χ4n) is 1.57. The van der Waals surface area contributed by atoms with Gasteiger partial charge in [-0.2, -0.15) is 0 Å². The van der Waals surface area contributed by atoms with Gasteiger partial charge in [-0.25, -0.2) is 0 Å². The van der Waals surface area contributed by atoms with Crippen LogP contribution >= 0.6 is 11.6 Å². The Labute approximate surface area is 88.9 Å². The molecule has 0 heterocycles. The Morgan fingerprint density at radius 2 is 2.21 bits per heavy atom. The summed E-state index contributed by atoms with van der Waals surface area (Å²) in [5.74, 6) is 0.166. The summed E-state index contributed by atoms with van der Waals surface area (Å²) in [4.78, 5) is 0. The Kier molecular flexibility index (Phi) is 2.94. The molecule has 1 saturated carbocycles. The number of benzene rings is 1. The zero-order chi connectivity index (χ0) is 9.97. The van der Waals surface area contributed by atoms with Gasteiger partial charge in [0, 0.05) is 12.6 Å². The van der Waals surface area contributed by atoms with Gasteiger partial charge in [0.05, 0.1) is 5.02 Å². The van der Waals surface area contributed by atoms with E-state index < -0.39 is 0 Å². The van der Waals surface area contributed by atoms with Crippen LogP contribution in [0.3, 0.4) is 0 Å². The van der Waals surface area contributed by atoms with Gasteiger partial charge in [0.25, 0.3) is 0 Å². The second-order valence-corrected chi connectivity index (χ2v) is 4.14. The van der Waals surface area contributed by atoms with Crippen LogP contribution in [0.4, 0.5) is 0 Å². The molecule has 1 aromatic carbocycles.